The Hall–Kier alpha value is -3.98. The van der Waals surface area contributed by atoms with Gasteiger partial charge in [0, 0.05) is 12.1 Å². The maximum absolute atomic E-state index is 13.0. The molecule has 3 rings (SSSR count). The van der Waals surface area contributed by atoms with Crippen LogP contribution in [0.25, 0.3) is 11.6 Å². The largest absolute Gasteiger partial charge is 0.489 e. The molecule has 0 spiro atoms. The normalized spacial score (nSPS) is 10.9. The molecule has 0 aliphatic carbocycles. The SMILES string of the molecule is N#C/C(=C/c1cccc(OCc2ccc(F)cc2)c1)c1ccc([N+](=O)[O-])cc1. The van der Waals surface area contributed by atoms with Gasteiger partial charge in [0.15, 0.2) is 0 Å². The van der Waals surface area contributed by atoms with Crippen LogP contribution in [0.5, 0.6) is 5.75 Å². The molecule has 0 aliphatic rings. The molecule has 0 atom stereocenters. The first kappa shape index (κ1) is 18.8. The molecule has 3 aromatic rings. The quantitative estimate of drug-likeness (QED) is 0.251. The number of non-ortho nitro benzene ring substituents is 1. The van der Waals surface area contributed by atoms with Crippen molar-refractivity contribution in [1.29, 1.82) is 5.26 Å². The van der Waals surface area contributed by atoms with Crippen LogP contribution in [0.2, 0.25) is 0 Å². The number of nitrogens with zero attached hydrogens (tertiary/aromatic N) is 2. The lowest BCUT2D eigenvalue weighted by Gasteiger charge is -2.07. The Labute approximate surface area is 161 Å². The monoisotopic (exact) mass is 374 g/mol. The van der Waals surface area contributed by atoms with Crippen LogP contribution in [0.1, 0.15) is 16.7 Å². The molecule has 0 N–H and O–H groups in total. The molecule has 0 unspecified atom stereocenters. The number of nitro groups is 1. The Morgan fingerprint density at radius 3 is 2.46 bits per heavy atom. The summed E-state index contributed by atoms with van der Waals surface area (Å²) in [5, 5.41) is 20.2. The van der Waals surface area contributed by atoms with Crippen LogP contribution in [0, 0.1) is 27.3 Å². The second-order valence-corrected chi connectivity index (χ2v) is 5.96. The first-order chi connectivity index (χ1) is 13.5. The van der Waals surface area contributed by atoms with E-state index in [0.29, 0.717) is 23.5 Å². The first-order valence-electron chi connectivity index (χ1n) is 8.39. The molecule has 5 nitrogen and oxygen atoms in total. The lowest BCUT2D eigenvalue weighted by molar-refractivity contribution is -0.384. The molecule has 138 valence electrons. The second-order valence-electron chi connectivity index (χ2n) is 5.96. The van der Waals surface area contributed by atoms with Gasteiger partial charge in [-0.25, -0.2) is 4.39 Å². The van der Waals surface area contributed by atoms with Crippen molar-refractivity contribution in [1.82, 2.24) is 0 Å². The van der Waals surface area contributed by atoms with E-state index < -0.39 is 4.92 Å². The summed E-state index contributed by atoms with van der Waals surface area (Å²) in [5.74, 6) is 0.310. The third-order valence-electron chi connectivity index (χ3n) is 4.00. The number of ether oxygens (including phenoxy) is 1. The van der Waals surface area contributed by atoms with E-state index >= 15 is 0 Å². The Bertz CT molecular complexity index is 1050. The zero-order valence-corrected chi connectivity index (χ0v) is 14.7. The van der Waals surface area contributed by atoms with Crippen molar-refractivity contribution in [2.45, 2.75) is 6.61 Å². The van der Waals surface area contributed by atoms with Crippen LogP contribution in [0.4, 0.5) is 10.1 Å². The zero-order chi connectivity index (χ0) is 19.9. The molecule has 3 aromatic carbocycles. The molecule has 0 aliphatic heterocycles. The topological polar surface area (TPSA) is 76.2 Å². The fourth-order valence-electron chi connectivity index (χ4n) is 2.55. The maximum Gasteiger partial charge on any atom is 0.269 e. The molecule has 0 aromatic heterocycles. The summed E-state index contributed by atoms with van der Waals surface area (Å²) in [4.78, 5) is 10.3. The minimum atomic E-state index is -0.485. The van der Waals surface area contributed by atoms with Gasteiger partial charge in [-0.05, 0) is 59.2 Å². The Balaban J connectivity index is 1.76. The van der Waals surface area contributed by atoms with Crippen molar-refractivity contribution in [3.8, 4) is 11.8 Å². The van der Waals surface area contributed by atoms with Gasteiger partial charge in [-0.3, -0.25) is 10.1 Å². The van der Waals surface area contributed by atoms with Gasteiger partial charge in [0.25, 0.3) is 5.69 Å². The molecule has 0 radical (unpaired) electrons. The van der Waals surface area contributed by atoms with Gasteiger partial charge in [-0.15, -0.1) is 0 Å². The summed E-state index contributed by atoms with van der Waals surface area (Å²) >= 11 is 0. The summed E-state index contributed by atoms with van der Waals surface area (Å²) in [6, 6.07) is 21.2. The third kappa shape index (κ3) is 4.80. The van der Waals surface area contributed by atoms with E-state index in [-0.39, 0.29) is 11.5 Å². The smallest absolute Gasteiger partial charge is 0.269 e. The Morgan fingerprint density at radius 2 is 1.82 bits per heavy atom. The first-order valence-corrected chi connectivity index (χ1v) is 8.39. The standard InChI is InChI=1S/C22H15FN2O3/c23-20-8-4-16(5-9-20)15-28-22-3-1-2-17(13-22)12-19(14-24)18-6-10-21(11-7-18)25(26)27/h1-13H,15H2/b19-12-. The average Bonchev–Trinajstić information content (AvgIpc) is 2.72. The fourth-order valence-corrected chi connectivity index (χ4v) is 2.55. The molecule has 0 bridgehead atoms. The Kier molecular flexibility index (Phi) is 5.78. The average molecular weight is 374 g/mol. The van der Waals surface area contributed by atoms with Gasteiger partial charge in [-0.1, -0.05) is 24.3 Å². The van der Waals surface area contributed by atoms with E-state index in [1.807, 2.05) is 6.07 Å². The number of hydrogen-bond donors (Lipinski definition) is 0. The van der Waals surface area contributed by atoms with Crippen molar-refractivity contribution >= 4 is 17.3 Å². The number of nitro benzene ring substituents is 1. The lowest BCUT2D eigenvalue weighted by atomic mass is 10.0. The van der Waals surface area contributed by atoms with Gasteiger partial charge < -0.3 is 4.74 Å². The zero-order valence-electron chi connectivity index (χ0n) is 14.7. The molecular weight excluding hydrogens is 359 g/mol. The van der Waals surface area contributed by atoms with E-state index in [9.17, 15) is 19.8 Å². The Morgan fingerprint density at radius 1 is 1.11 bits per heavy atom. The highest BCUT2D eigenvalue weighted by Crippen LogP contribution is 2.23. The summed E-state index contributed by atoms with van der Waals surface area (Å²) < 4.78 is 18.7. The molecule has 0 saturated carbocycles. The van der Waals surface area contributed by atoms with E-state index in [1.165, 1.54) is 24.3 Å². The highest BCUT2D eigenvalue weighted by atomic mass is 19.1. The molecular formula is C22H15FN2O3. The molecule has 0 heterocycles. The molecule has 0 amide bonds. The number of halogens is 1. The number of hydrogen-bond acceptors (Lipinski definition) is 4. The number of nitriles is 1. The van der Waals surface area contributed by atoms with E-state index in [2.05, 4.69) is 6.07 Å². The minimum Gasteiger partial charge on any atom is -0.489 e. The number of allylic oxidation sites excluding steroid dienone is 1. The summed E-state index contributed by atoms with van der Waals surface area (Å²) in [6.45, 7) is 0.293. The van der Waals surface area contributed by atoms with Crippen LogP contribution >= 0.6 is 0 Å². The summed E-state index contributed by atoms with van der Waals surface area (Å²) in [6.07, 6.45) is 1.69. The van der Waals surface area contributed by atoms with Crippen molar-refractivity contribution < 1.29 is 14.1 Å². The van der Waals surface area contributed by atoms with E-state index in [1.54, 1.807) is 48.5 Å². The van der Waals surface area contributed by atoms with Crippen LogP contribution in [0.3, 0.4) is 0 Å². The number of benzene rings is 3. The predicted octanol–water partition coefficient (Wildman–Crippen LogP) is 5.38. The summed E-state index contributed by atoms with van der Waals surface area (Å²) in [7, 11) is 0. The highest BCUT2D eigenvalue weighted by Gasteiger charge is 2.07. The molecule has 6 heteroatoms. The number of rotatable bonds is 6. The van der Waals surface area contributed by atoms with Crippen LogP contribution < -0.4 is 4.74 Å². The van der Waals surface area contributed by atoms with Crippen molar-refractivity contribution in [3.63, 3.8) is 0 Å². The third-order valence-corrected chi connectivity index (χ3v) is 4.00. The minimum absolute atomic E-state index is 0.0303. The van der Waals surface area contributed by atoms with Crippen molar-refractivity contribution in [3.05, 3.63) is 105 Å². The highest BCUT2D eigenvalue weighted by molar-refractivity contribution is 5.89. The van der Waals surface area contributed by atoms with Gasteiger partial charge in [-0.2, -0.15) is 5.26 Å². The lowest BCUT2D eigenvalue weighted by Crippen LogP contribution is -1.95. The van der Waals surface area contributed by atoms with E-state index in [0.717, 1.165) is 11.1 Å². The molecule has 28 heavy (non-hydrogen) atoms. The predicted molar refractivity (Wildman–Crippen MR) is 104 cm³/mol. The maximum atomic E-state index is 13.0. The molecule has 0 saturated heterocycles. The van der Waals surface area contributed by atoms with Crippen LogP contribution in [0.15, 0.2) is 72.8 Å². The van der Waals surface area contributed by atoms with Gasteiger partial charge in [0.1, 0.15) is 18.2 Å². The van der Waals surface area contributed by atoms with E-state index in [4.69, 9.17) is 4.74 Å². The fraction of sp³-hybridized carbons (Fsp3) is 0.0455. The van der Waals surface area contributed by atoms with Crippen LogP contribution in [-0.2, 0) is 6.61 Å². The van der Waals surface area contributed by atoms with Gasteiger partial charge in [0.2, 0.25) is 0 Å². The van der Waals surface area contributed by atoms with Crippen molar-refractivity contribution in [2.75, 3.05) is 0 Å². The summed E-state index contributed by atoms with van der Waals surface area (Å²) in [5.41, 5.74) is 2.53. The van der Waals surface area contributed by atoms with Crippen molar-refractivity contribution in [2.24, 2.45) is 0 Å². The second kappa shape index (κ2) is 8.60. The van der Waals surface area contributed by atoms with Crippen LogP contribution in [-0.4, -0.2) is 4.92 Å². The van der Waals surface area contributed by atoms with Gasteiger partial charge in [0.05, 0.1) is 16.6 Å². The van der Waals surface area contributed by atoms with Gasteiger partial charge >= 0.3 is 0 Å². The molecule has 0 fully saturated rings.